The molecular formula is C63H82F6N6O13. The van der Waals surface area contributed by atoms with Gasteiger partial charge in [0.15, 0.2) is 6.29 Å². The summed E-state index contributed by atoms with van der Waals surface area (Å²) in [6, 6.07) is 14.8. The number of ether oxygens (including phenoxy) is 8. The number of nitrogens with one attached hydrogen (secondary N) is 6. The Kier molecular flexibility index (Phi) is 26.1. The zero-order valence-electron chi connectivity index (χ0n) is 50.8. The van der Waals surface area contributed by atoms with E-state index in [0.717, 1.165) is 67.6 Å². The van der Waals surface area contributed by atoms with Crippen molar-refractivity contribution in [2.75, 3.05) is 44.7 Å². The predicted molar refractivity (Wildman–Crippen MR) is 314 cm³/mol. The van der Waals surface area contributed by atoms with Crippen molar-refractivity contribution in [2.24, 2.45) is 11.8 Å². The standard InChI is InChI=1S/C63H82F6N6O13/c1-9-10-11-12-13-20-52(76)72-48(29-30-53(77)88-61(4,5)6)57(78)74-55-51(37-84-34-41-23-27-47(82-8)28-24-41)85-35-49(73-59(79)70-44-18-14-16-42(31-44)62(64,65)66)56(55)87-58-54(75-60(80)71-45-19-15-17-43(32-45)63(67,68)69)39(3)38(2)50(86-58)36-83-33-40-21-25-46(81-7)26-22-40/h14-19,21-28,31-32,38-39,48-51,54-56,58H,9-13,20,29-30,33-37H2,1-8H3,(H,72,76)(H,74,78)(H2,70,73,79)(H2,71,75,80)/t38-,39+,48?,49?,50?,51?,54?,55+,56-,58+/m1/s1. The molecule has 10 atom stereocenters. The van der Waals surface area contributed by atoms with Gasteiger partial charge in [-0.05, 0) is 117 Å². The summed E-state index contributed by atoms with van der Waals surface area (Å²) in [5, 5.41) is 16.3. The second-order valence-electron chi connectivity index (χ2n) is 22.9. The van der Waals surface area contributed by atoms with E-state index in [4.69, 9.17) is 37.9 Å². The number of carbonyl (C=O) groups excluding carboxylic acids is 5. The molecule has 6 rings (SSSR count). The summed E-state index contributed by atoms with van der Waals surface area (Å²) in [5.41, 5.74) is -1.89. The average molecular weight is 1250 g/mol. The number of halogens is 6. The van der Waals surface area contributed by atoms with E-state index >= 15 is 4.79 Å². The summed E-state index contributed by atoms with van der Waals surface area (Å²) in [7, 11) is 3.05. The molecule has 25 heteroatoms. The quantitative estimate of drug-likeness (QED) is 0.0177. The SMILES string of the molecule is CCCCCCCC(=O)NC(CCC(=O)OC(C)(C)C)C(=O)N[C@H]1C(COCc2ccc(OC)cc2)OCC(NC(=O)Nc2cccc(C(F)(F)F)c2)[C@H]1O[C@@H]1OC(COCc2ccc(OC)cc2)[C@H](C)[C@H](C)C1NC(=O)Nc1cccc(C(F)(F)F)c1. The monoisotopic (exact) mass is 1240 g/mol. The highest BCUT2D eigenvalue weighted by molar-refractivity contribution is 5.91. The fourth-order valence-corrected chi connectivity index (χ4v) is 10.0. The Morgan fingerprint density at radius 2 is 1.17 bits per heavy atom. The van der Waals surface area contributed by atoms with Crippen molar-refractivity contribution in [3.8, 4) is 11.5 Å². The lowest BCUT2D eigenvalue weighted by molar-refractivity contribution is -0.277. The van der Waals surface area contributed by atoms with Gasteiger partial charge < -0.3 is 69.8 Å². The molecule has 88 heavy (non-hydrogen) atoms. The molecule has 2 aliphatic heterocycles. The Morgan fingerprint density at radius 3 is 1.69 bits per heavy atom. The third-order valence-corrected chi connectivity index (χ3v) is 15.0. The molecule has 0 radical (unpaired) electrons. The molecule has 0 spiro atoms. The van der Waals surface area contributed by atoms with Gasteiger partial charge >= 0.3 is 30.4 Å². The van der Waals surface area contributed by atoms with E-state index in [-0.39, 0.29) is 57.1 Å². The van der Waals surface area contributed by atoms with Crippen LogP contribution >= 0.6 is 0 Å². The van der Waals surface area contributed by atoms with Crippen molar-refractivity contribution in [2.45, 2.75) is 173 Å². The minimum atomic E-state index is -4.76. The lowest BCUT2D eigenvalue weighted by Crippen LogP contribution is -2.69. The minimum Gasteiger partial charge on any atom is -0.497 e. The van der Waals surface area contributed by atoms with Gasteiger partial charge in [0.2, 0.25) is 11.8 Å². The van der Waals surface area contributed by atoms with Crippen molar-refractivity contribution in [3.63, 3.8) is 0 Å². The number of hydrogen-bond donors (Lipinski definition) is 6. The van der Waals surface area contributed by atoms with Gasteiger partial charge in [-0.3, -0.25) is 14.4 Å². The largest absolute Gasteiger partial charge is 0.497 e. The van der Waals surface area contributed by atoms with Crippen LogP contribution in [-0.4, -0.2) is 118 Å². The van der Waals surface area contributed by atoms with Crippen LogP contribution in [0.3, 0.4) is 0 Å². The van der Waals surface area contributed by atoms with Gasteiger partial charge in [0, 0.05) is 24.2 Å². The van der Waals surface area contributed by atoms with Crippen LogP contribution in [0.4, 0.5) is 47.3 Å². The zero-order valence-corrected chi connectivity index (χ0v) is 50.8. The molecule has 2 fully saturated rings. The predicted octanol–water partition coefficient (Wildman–Crippen LogP) is 11.1. The third-order valence-electron chi connectivity index (χ3n) is 15.0. The Bertz CT molecular complexity index is 2880. The maximum Gasteiger partial charge on any atom is 0.416 e. The fourth-order valence-electron chi connectivity index (χ4n) is 10.0. The van der Waals surface area contributed by atoms with Crippen molar-refractivity contribution in [1.29, 1.82) is 0 Å². The van der Waals surface area contributed by atoms with Gasteiger partial charge in [-0.25, -0.2) is 9.59 Å². The van der Waals surface area contributed by atoms with Crippen LogP contribution in [0.5, 0.6) is 11.5 Å². The second-order valence-corrected chi connectivity index (χ2v) is 22.9. The molecule has 0 saturated carbocycles. The van der Waals surface area contributed by atoms with Gasteiger partial charge in [0.05, 0.1) is 82.6 Å². The highest BCUT2D eigenvalue weighted by atomic mass is 19.4. The van der Waals surface area contributed by atoms with Crippen LogP contribution in [0, 0.1) is 11.8 Å². The van der Waals surface area contributed by atoms with Gasteiger partial charge in [0.25, 0.3) is 0 Å². The van der Waals surface area contributed by atoms with E-state index in [9.17, 15) is 45.5 Å². The Morgan fingerprint density at radius 1 is 0.636 bits per heavy atom. The maximum atomic E-state index is 15.1. The van der Waals surface area contributed by atoms with E-state index in [1.54, 1.807) is 64.1 Å². The van der Waals surface area contributed by atoms with Gasteiger partial charge in [0.1, 0.15) is 35.3 Å². The van der Waals surface area contributed by atoms with Crippen LogP contribution in [-0.2, 0) is 68.4 Å². The molecule has 2 heterocycles. The van der Waals surface area contributed by atoms with E-state index in [1.165, 1.54) is 26.4 Å². The second kappa shape index (κ2) is 32.9. The molecule has 4 aromatic rings. The van der Waals surface area contributed by atoms with Crippen molar-refractivity contribution >= 4 is 41.2 Å². The molecule has 6 amide bonds. The number of carbonyl (C=O) groups is 5. The molecule has 2 aliphatic rings. The summed E-state index contributed by atoms with van der Waals surface area (Å²) in [6.07, 6.45) is -10.9. The van der Waals surface area contributed by atoms with E-state index in [0.29, 0.717) is 23.5 Å². The van der Waals surface area contributed by atoms with Crippen molar-refractivity contribution in [1.82, 2.24) is 21.3 Å². The minimum absolute atomic E-state index is 0.0102. The number of urea groups is 2. The number of esters is 1. The molecular weight excluding hydrogens is 1160 g/mol. The summed E-state index contributed by atoms with van der Waals surface area (Å²) in [5.74, 6) is -1.78. The maximum absolute atomic E-state index is 15.1. The molecule has 0 bridgehead atoms. The third kappa shape index (κ3) is 22.1. The average Bonchev–Trinajstić information content (AvgIpc) is 1.17. The van der Waals surface area contributed by atoms with Gasteiger partial charge in [-0.1, -0.05) is 82.9 Å². The van der Waals surface area contributed by atoms with Crippen LogP contribution in [0.1, 0.15) is 115 Å². The number of rotatable bonds is 28. The number of unbranched alkanes of at least 4 members (excludes halogenated alkanes) is 4. The Labute approximate surface area is 509 Å². The van der Waals surface area contributed by atoms with Crippen LogP contribution in [0.25, 0.3) is 0 Å². The number of alkyl halides is 6. The molecule has 19 nitrogen and oxygen atoms in total. The van der Waals surface area contributed by atoms with E-state index < -0.39 is 126 Å². The first-order valence-electron chi connectivity index (χ1n) is 29.4. The molecule has 0 aliphatic carbocycles. The number of anilines is 2. The normalized spacial score (nSPS) is 21.7. The molecule has 0 aromatic heterocycles. The first-order chi connectivity index (χ1) is 41.7. The van der Waals surface area contributed by atoms with E-state index in [2.05, 4.69) is 38.8 Å². The van der Waals surface area contributed by atoms with Crippen molar-refractivity contribution in [3.05, 3.63) is 119 Å². The molecule has 2 saturated heterocycles. The Balaban J connectivity index is 1.42. The number of amides is 6. The molecule has 5 unspecified atom stereocenters. The molecule has 484 valence electrons. The molecule has 6 N–H and O–H groups in total. The summed E-state index contributed by atoms with van der Waals surface area (Å²) >= 11 is 0. The first-order valence-corrected chi connectivity index (χ1v) is 29.4. The Hall–Kier alpha value is -7.19. The van der Waals surface area contributed by atoms with Crippen LogP contribution in [0.2, 0.25) is 0 Å². The summed E-state index contributed by atoms with van der Waals surface area (Å²) in [4.78, 5) is 70.3. The lowest BCUT2D eigenvalue weighted by atomic mass is 9.82. The van der Waals surface area contributed by atoms with Gasteiger partial charge in [-0.15, -0.1) is 0 Å². The lowest BCUT2D eigenvalue weighted by Gasteiger charge is -2.49. The highest BCUT2D eigenvalue weighted by Crippen LogP contribution is 2.36. The smallest absolute Gasteiger partial charge is 0.416 e. The zero-order chi connectivity index (χ0) is 64.2. The number of hydrogen-bond acceptors (Lipinski definition) is 13. The first kappa shape index (κ1) is 69.9. The van der Waals surface area contributed by atoms with Crippen LogP contribution < -0.4 is 41.4 Å². The van der Waals surface area contributed by atoms with Gasteiger partial charge in [-0.2, -0.15) is 26.3 Å². The summed E-state index contributed by atoms with van der Waals surface area (Å²) < 4.78 is 132. The fraction of sp³-hybridized carbons (Fsp3) is 0.540. The van der Waals surface area contributed by atoms with E-state index in [1.807, 2.05) is 19.1 Å². The molecule has 4 aromatic carbocycles. The van der Waals surface area contributed by atoms with Crippen molar-refractivity contribution < 1.29 is 88.2 Å². The topological polar surface area (TPSA) is 231 Å². The number of benzene rings is 4. The highest BCUT2D eigenvalue weighted by Gasteiger charge is 2.50. The van der Waals surface area contributed by atoms with Crippen LogP contribution in [0.15, 0.2) is 97.1 Å². The number of methoxy groups -OCH3 is 2. The summed E-state index contributed by atoms with van der Waals surface area (Å²) in [6.45, 7) is 10.1.